The van der Waals surface area contributed by atoms with Gasteiger partial charge < -0.3 is 19.9 Å². The lowest BCUT2D eigenvalue weighted by atomic mass is 9.96. The van der Waals surface area contributed by atoms with Gasteiger partial charge in [-0.1, -0.05) is 12.1 Å². The van der Waals surface area contributed by atoms with Gasteiger partial charge in [0.15, 0.2) is 5.82 Å². The van der Waals surface area contributed by atoms with Crippen LogP contribution in [0.4, 0.5) is 23.7 Å². The minimum atomic E-state index is -4.69. The monoisotopic (exact) mass is 397 g/mol. The van der Waals surface area contributed by atoms with E-state index < -0.39 is 43.1 Å². The minimum absolute atomic E-state index is 0.352. The number of carboxylic acid groups (broad SMARTS) is 1. The number of anilines is 1. The summed E-state index contributed by atoms with van der Waals surface area (Å²) in [6, 6.07) is 5.83. The topological polar surface area (TPSA) is 100 Å². The number of hydrogen-bond acceptors (Lipinski definition) is 4. The van der Waals surface area contributed by atoms with Crippen LogP contribution in [0.25, 0.3) is 11.4 Å². The summed E-state index contributed by atoms with van der Waals surface area (Å²) >= 11 is 0. The zero-order valence-corrected chi connectivity index (χ0v) is 15.1. The lowest BCUT2D eigenvalue weighted by Crippen LogP contribution is -2.35. The summed E-state index contributed by atoms with van der Waals surface area (Å²) in [5, 5.41) is 19.6. The van der Waals surface area contributed by atoms with Crippen molar-refractivity contribution >= 4 is 17.7 Å². The lowest BCUT2D eigenvalue weighted by molar-refractivity contribution is -0.187. The first kappa shape index (κ1) is 19.6. The molecule has 1 aliphatic heterocycles. The van der Waals surface area contributed by atoms with E-state index in [2.05, 4.69) is 15.5 Å². The maximum absolute atomic E-state index is 13.1. The first-order valence-electron chi connectivity index (χ1n) is 8.40. The average molecular weight is 397 g/mol. The summed E-state index contributed by atoms with van der Waals surface area (Å²) in [5.74, 6) is -4.09. The van der Waals surface area contributed by atoms with Crippen LogP contribution >= 0.6 is 0 Å². The maximum atomic E-state index is 13.1. The van der Waals surface area contributed by atoms with Crippen LogP contribution in [0.3, 0.4) is 0 Å². The number of rotatable bonds is 3. The first-order valence-corrected chi connectivity index (χ1v) is 8.40. The van der Waals surface area contributed by atoms with E-state index in [0.717, 1.165) is 4.90 Å². The largest absolute Gasteiger partial charge is 0.481 e. The van der Waals surface area contributed by atoms with Gasteiger partial charge in [0.2, 0.25) is 0 Å². The summed E-state index contributed by atoms with van der Waals surface area (Å²) < 4.78 is 41.0. The molecule has 0 spiro atoms. The van der Waals surface area contributed by atoms with Gasteiger partial charge in [-0.3, -0.25) is 4.79 Å². The number of benzene rings is 1. The van der Waals surface area contributed by atoms with Crippen molar-refractivity contribution in [2.45, 2.75) is 13.1 Å². The number of aryl methyl sites for hydroxylation is 1. The molecule has 0 bridgehead atoms. The number of carbonyl (C=O) groups excluding carboxylic acids is 1. The molecule has 2 aromatic rings. The summed E-state index contributed by atoms with van der Waals surface area (Å²) in [7, 11) is 1.78. The number of amides is 2. The molecular formula is C17H18F3N5O3. The molecule has 1 fully saturated rings. The van der Waals surface area contributed by atoms with Crippen LogP contribution < -0.4 is 5.32 Å². The number of likely N-dealkylation sites (tertiary alicyclic amines) is 1. The highest BCUT2D eigenvalue weighted by atomic mass is 19.4. The lowest BCUT2D eigenvalue weighted by Gasteiger charge is -2.19. The van der Waals surface area contributed by atoms with Crippen molar-refractivity contribution in [1.82, 2.24) is 19.7 Å². The van der Waals surface area contributed by atoms with E-state index in [9.17, 15) is 22.8 Å². The standard InChI is InChI=1S/C17H18F3N5O3/c1-9-22-23-14(24(9)2)10-4-3-5-11(6-10)21-16(28)25-7-12(15(26)27)13(8-25)17(18,19)20/h3-6,12-13H,7-8H2,1-2H3,(H,21,28)(H,26,27)/t12-,13-/m1/s1. The molecule has 150 valence electrons. The van der Waals surface area contributed by atoms with E-state index in [1.807, 2.05) is 0 Å². The highest BCUT2D eigenvalue weighted by molar-refractivity contribution is 5.90. The molecular weight excluding hydrogens is 379 g/mol. The number of aliphatic carboxylic acids is 1. The molecule has 2 amide bonds. The quantitative estimate of drug-likeness (QED) is 0.829. The molecule has 0 aliphatic carbocycles. The van der Waals surface area contributed by atoms with Gasteiger partial charge in [-0.05, 0) is 19.1 Å². The van der Waals surface area contributed by atoms with Gasteiger partial charge in [0.25, 0.3) is 0 Å². The molecule has 8 nitrogen and oxygen atoms in total. The zero-order valence-electron chi connectivity index (χ0n) is 15.1. The number of aromatic nitrogens is 3. The van der Waals surface area contributed by atoms with Gasteiger partial charge in [0.1, 0.15) is 5.82 Å². The number of urea groups is 1. The van der Waals surface area contributed by atoms with Gasteiger partial charge >= 0.3 is 18.2 Å². The van der Waals surface area contributed by atoms with Crippen LogP contribution in [0.2, 0.25) is 0 Å². The van der Waals surface area contributed by atoms with Gasteiger partial charge in [-0.15, -0.1) is 10.2 Å². The predicted octanol–water partition coefficient (Wildman–Crippen LogP) is 2.52. The average Bonchev–Trinajstić information content (AvgIpc) is 3.20. The summed E-state index contributed by atoms with van der Waals surface area (Å²) in [6.07, 6.45) is -4.69. The SMILES string of the molecule is Cc1nnc(-c2cccc(NC(=O)N3C[C@@H](C(F)(F)F)[C@H](C(=O)O)C3)c2)n1C. The third-order valence-corrected chi connectivity index (χ3v) is 4.81. The molecule has 11 heteroatoms. The number of nitrogens with zero attached hydrogens (tertiary/aromatic N) is 4. The Bertz CT molecular complexity index is 912. The van der Waals surface area contributed by atoms with E-state index in [0.29, 0.717) is 22.9 Å². The number of carboxylic acids is 1. The van der Waals surface area contributed by atoms with E-state index >= 15 is 0 Å². The molecule has 0 radical (unpaired) electrons. The summed E-state index contributed by atoms with van der Waals surface area (Å²) in [6.45, 7) is 0.577. The predicted molar refractivity (Wildman–Crippen MR) is 92.4 cm³/mol. The number of halogens is 3. The van der Waals surface area contributed by atoms with Gasteiger partial charge in [0, 0.05) is 31.4 Å². The van der Waals surface area contributed by atoms with Crippen LogP contribution in [0.15, 0.2) is 24.3 Å². The van der Waals surface area contributed by atoms with Crippen molar-refractivity contribution in [2.24, 2.45) is 18.9 Å². The van der Waals surface area contributed by atoms with Crippen molar-refractivity contribution < 1.29 is 27.9 Å². The Morgan fingerprint density at radius 3 is 2.50 bits per heavy atom. The van der Waals surface area contributed by atoms with E-state index in [4.69, 9.17) is 5.11 Å². The van der Waals surface area contributed by atoms with E-state index in [1.54, 1.807) is 42.8 Å². The zero-order chi connectivity index (χ0) is 20.6. The Kier molecular flexibility index (Phi) is 5.01. The molecule has 2 heterocycles. The Labute approximate surface area is 158 Å². The molecule has 1 aromatic carbocycles. The Balaban J connectivity index is 1.76. The fourth-order valence-corrected chi connectivity index (χ4v) is 3.15. The maximum Gasteiger partial charge on any atom is 0.394 e. The van der Waals surface area contributed by atoms with Crippen LogP contribution in [0, 0.1) is 18.8 Å². The van der Waals surface area contributed by atoms with Crippen LogP contribution in [0.5, 0.6) is 0 Å². The van der Waals surface area contributed by atoms with Gasteiger partial charge in [0.05, 0.1) is 11.8 Å². The van der Waals surface area contributed by atoms with E-state index in [-0.39, 0.29) is 0 Å². The van der Waals surface area contributed by atoms with Crippen molar-refractivity contribution in [1.29, 1.82) is 0 Å². The third kappa shape index (κ3) is 3.78. The number of alkyl halides is 3. The number of carbonyl (C=O) groups is 2. The Hall–Kier alpha value is -3.11. The normalized spacial score (nSPS) is 19.7. The van der Waals surface area contributed by atoms with Crippen LogP contribution in [-0.2, 0) is 11.8 Å². The second-order valence-electron chi connectivity index (χ2n) is 6.64. The fraction of sp³-hybridized carbons (Fsp3) is 0.412. The fourth-order valence-electron chi connectivity index (χ4n) is 3.15. The molecule has 1 saturated heterocycles. The Morgan fingerprint density at radius 1 is 1.25 bits per heavy atom. The summed E-state index contributed by atoms with van der Waals surface area (Å²) in [5.41, 5.74) is 1.02. The first-order chi connectivity index (χ1) is 13.1. The van der Waals surface area contributed by atoms with E-state index in [1.165, 1.54) is 0 Å². The number of nitrogens with one attached hydrogen (secondary N) is 1. The Morgan fingerprint density at radius 2 is 1.96 bits per heavy atom. The molecule has 2 N–H and O–H groups in total. The van der Waals surface area contributed by atoms with Crippen LogP contribution in [0.1, 0.15) is 5.82 Å². The highest BCUT2D eigenvalue weighted by Gasteiger charge is 2.53. The third-order valence-electron chi connectivity index (χ3n) is 4.81. The second-order valence-corrected chi connectivity index (χ2v) is 6.64. The minimum Gasteiger partial charge on any atom is -0.481 e. The molecule has 1 aromatic heterocycles. The molecule has 28 heavy (non-hydrogen) atoms. The van der Waals surface area contributed by atoms with Gasteiger partial charge in [-0.2, -0.15) is 13.2 Å². The number of hydrogen-bond donors (Lipinski definition) is 2. The molecule has 2 atom stereocenters. The molecule has 1 aliphatic rings. The van der Waals surface area contributed by atoms with Crippen molar-refractivity contribution in [3.8, 4) is 11.4 Å². The molecule has 3 rings (SSSR count). The summed E-state index contributed by atoms with van der Waals surface area (Å²) in [4.78, 5) is 24.4. The van der Waals surface area contributed by atoms with Gasteiger partial charge in [-0.25, -0.2) is 4.79 Å². The van der Waals surface area contributed by atoms with Crippen molar-refractivity contribution in [2.75, 3.05) is 18.4 Å². The molecule has 0 saturated carbocycles. The van der Waals surface area contributed by atoms with Crippen molar-refractivity contribution in [3.05, 3.63) is 30.1 Å². The second kappa shape index (κ2) is 7.13. The van der Waals surface area contributed by atoms with Crippen molar-refractivity contribution in [3.63, 3.8) is 0 Å². The van der Waals surface area contributed by atoms with Crippen LogP contribution in [-0.4, -0.2) is 56.0 Å². The highest BCUT2D eigenvalue weighted by Crippen LogP contribution is 2.38. The smallest absolute Gasteiger partial charge is 0.394 e. The molecule has 0 unspecified atom stereocenters.